The predicted molar refractivity (Wildman–Crippen MR) is 90.8 cm³/mol. The van der Waals surface area contributed by atoms with E-state index >= 15 is 0 Å². The number of nitrogens with one attached hydrogen (secondary N) is 1. The molecule has 1 aliphatic rings. The van der Waals surface area contributed by atoms with E-state index < -0.39 is 0 Å². The maximum atomic E-state index is 12.3. The van der Waals surface area contributed by atoms with Crippen LogP contribution in [0.2, 0.25) is 0 Å². The first-order valence-corrected chi connectivity index (χ1v) is 8.32. The van der Waals surface area contributed by atoms with Gasteiger partial charge in [-0.05, 0) is 31.5 Å². The van der Waals surface area contributed by atoms with Crippen LogP contribution < -0.4 is 5.32 Å². The fourth-order valence-corrected chi connectivity index (χ4v) is 3.05. The fourth-order valence-electron chi connectivity index (χ4n) is 3.05. The van der Waals surface area contributed by atoms with E-state index in [1.165, 1.54) is 0 Å². The van der Waals surface area contributed by atoms with Gasteiger partial charge in [0.1, 0.15) is 0 Å². The Morgan fingerprint density at radius 2 is 2.04 bits per heavy atom. The number of carbonyl (C=O) groups excluding carboxylic acids is 2. The second-order valence-electron chi connectivity index (χ2n) is 6.23. The molecule has 1 N–H and O–H groups in total. The number of hydrogen-bond acceptors (Lipinski definition) is 3. The van der Waals surface area contributed by atoms with E-state index in [0.29, 0.717) is 25.4 Å². The highest BCUT2D eigenvalue weighted by Crippen LogP contribution is 2.16. The molecule has 1 aromatic carbocycles. The van der Waals surface area contributed by atoms with Gasteiger partial charge in [0.05, 0.1) is 0 Å². The molecule has 1 aliphatic heterocycles. The molecule has 1 aromatic rings. The van der Waals surface area contributed by atoms with Crippen molar-refractivity contribution in [3.63, 3.8) is 0 Å². The van der Waals surface area contributed by atoms with Gasteiger partial charge in [-0.2, -0.15) is 0 Å². The van der Waals surface area contributed by atoms with E-state index in [0.717, 1.165) is 31.6 Å². The summed E-state index contributed by atoms with van der Waals surface area (Å²) >= 11 is 0. The molecule has 2 amide bonds. The summed E-state index contributed by atoms with van der Waals surface area (Å²) in [5.74, 6) is 0.719. The number of carbonyl (C=O) groups is 2. The maximum absolute atomic E-state index is 12.3. The highest BCUT2D eigenvalue weighted by molar-refractivity contribution is 5.78. The van der Waals surface area contributed by atoms with Crippen LogP contribution in [0, 0.1) is 5.92 Å². The molecule has 5 heteroatoms. The van der Waals surface area contributed by atoms with Crippen molar-refractivity contribution in [2.75, 3.05) is 33.2 Å². The molecular weight excluding hydrogens is 290 g/mol. The Hall–Kier alpha value is -1.88. The monoisotopic (exact) mass is 317 g/mol. The summed E-state index contributed by atoms with van der Waals surface area (Å²) in [6, 6.07) is 9.89. The molecule has 0 spiro atoms. The van der Waals surface area contributed by atoms with Crippen LogP contribution in [0.5, 0.6) is 0 Å². The molecule has 1 unspecified atom stereocenters. The van der Waals surface area contributed by atoms with Crippen molar-refractivity contribution in [3.8, 4) is 0 Å². The molecule has 5 nitrogen and oxygen atoms in total. The van der Waals surface area contributed by atoms with Gasteiger partial charge in [-0.1, -0.05) is 30.3 Å². The molecule has 0 saturated carbocycles. The SMILES string of the molecule is CNCC1CCN(C(=O)CCN(Cc2ccccc2)C(C)=O)C1. The molecule has 126 valence electrons. The van der Waals surface area contributed by atoms with Gasteiger partial charge in [-0.3, -0.25) is 9.59 Å². The molecule has 1 atom stereocenters. The van der Waals surface area contributed by atoms with Crippen molar-refractivity contribution < 1.29 is 9.59 Å². The van der Waals surface area contributed by atoms with Gasteiger partial charge in [-0.15, -0.1) is 0 Å². The number of hydrogen-bond donors (Lipinski definition) is 1. The summed E-state index contributed by atoms with van der Waals surface area (Å²) in [6.07, 6.45) is 1.46. The lowest BCUT2D eigenvalue weighted by atomic mass is 10.1. The van der Waals surface area contributed by atoms with Crippen LogP contribution >= 0.6 is 0 Å². The van der Waals surface area contributed by atoms with Gasteiger partial charge in [0, 0.05) is 39.5 Å². The van der Waals surface area contributed by atoms with Crippen molar-refractivity contribution in [3.05, 3.63) is 35.9 Å². The summed E-state index contributed by atoms with van der Waals surface area (Å²) in [5, 5.41) is 3.17. The van der Waals surface area contributed by atoms with Crippen molar-refractivity contribution in [1.82, 2.24) is 15.1 Å². The third-order valence-electron chi connectivity index (χ3n) is 4.39. The zero-order valence-electron chi connectivity index (χ0n) is 14.1. The number of rotatable bonds is 7. The summed E-state index contributed by atoms with van der Waals surface area (Å²) in [7, 11) is 1.94. The van der Waals surface area contributed by atoms with Gasteiger partial charge in [-0.25, -0.2) is 0 Å². The van der Waals surface area contributed by atoms with E-state index in [9.17, 15) is 9.59 Å². The van der Waals surface area contributed by atoms with Gasteiger partial charge >= 0.3 is 0 Å². The van der Waals surface area contributed by atoms with Crippen LogP contribution in [0.25, 0.3) is 0 Å². The third-order valence-corrected chi connectivity index (χ3v) is 4.39. The maximum Gasteiger partial charge on any atom is 0.224 e. The van der Waals surface area contributed by atoms with Crippen LogP contribution in [0.3, 0.4) is 0 Å². The average Bonchev–Trinajstić information content (AvgIpc) is 3.01. The fraction of sp³-hybridized carbons (Fsp3) is 0.556. The van der Waals surface area contributed by atoms with Crippen LogP contribution in [0.15, 0.2) is 30.3 Å². The largest absolute Gasteiger partial charge is 0.342 e. The third kappa shape index (κ3) is 5.36. The van der Waals surface area contributed by atoms with E-state index in [2.05, 4.69) is 5.32 Å². The minimum Gasteiger partial charge on any atom is -0.342 e. The number of nitrogens with zero attached hydrogens (tertiary/aromatic N) is 2. The van der Waals surface area contributed by atoms with E-state index in [4.69, 9.17) is 0 Å². The van der Waals surface area contributed by atoms with Crippen LogP contribution in [-0.4, -0.2) is 54.8 Å². The minimum atomic E-state index is 0.0103. The lowest BCUT2D eigenvalue weighted by Gasteiger charge is -2.23. The number of amides is 2. The summed E-state index contributed by atoms with van der Waals surface area (Å²) in [5.41, 5.74) is 1.09. The van der Waals surface area contributed by atoms with Gasteiger partial charge in [0.2, 0.25) is 11.8 Å². The van der Waals surface area contributed by atoms with Crippen LogP contribution in [0.1, 0.15) is 25.3 Å². The van der Waals surface area contributed by atoms with Gasteiger partial charge < -0.3 is 15.1 Å². The van der Waals surface area contributed by atoms with Crippen LogP contribution in [-0.2, 0) is 16.1 Å². The summed E-state index contributed by atoms with van der Waals surface area (Å²) < 4.78 is 0. The zero-order valence-corrected chi connectivity index (χ0v) is 14.1. The van der Waals surface area contributed by atoms with E-state index in [-0.39, 0.29) is 11.8 Å². The van der Waals surface area contributed by atoms with Crippen molar-refractivity contribution in [2.45, 2.75) is 26.3 Å². The number of benzene rings is 1. The standard InChI is InChI=1S/C18H27N3O2/c1-15(22)20(13-16-6-4-3-5-7-16)11-9-18(23)21-10-8-17(14-21)12-19-2/h3-7,17,19H,8-14H2,1-2H3. The first-order chi connectivity index (χ1) is 11.1. The van der Waals surface area contributed by atoms with Crippen molar-refractivity contribution in [2.24, 2.45) is 5.92 Å². The predicted octanol–water partition coefficient (Wildman–Crippen LogP) is 1.49. The van der Waals surface area contributed by atoms with Crippen molar-refractivity contribution >= 4 is 11.8 Å². The lowest BCUT2D eigenvalue weighted by Crippen LogP contribution is -2.35. The molecule has 0 radical (unpaired) electrons. The van der Waals surface area contributed by atoms with E-state index in [1.54, 1.807) is 11.8 Å². The topological polar surface area (TPSA) is 52.7 Å². The average molecular weight is 317 g/mol. The summed E-state index contributed by atoms with van der Waals surface area (Å²) in [4.78, 5) is 27.8. The smallest absolute Gasteiger partial charge is 0.224 e. The molecule has 1 saturated heterocycles. The second kappa shape index (κ2) is 8.67. The Morgan fingerprint density at radius 1 is 1.30 bits per heavy atom. The van der Waals surface area contributed by atoms with Gasteiger partial charge in [0.15, 0.2) is 0 Å². The quantitative estimate of drug-likeness (QED) is 0.829. The Balaban J connectivity index is 1.82. The molecule has 0 aromatic heterocycles. The molecular formula is C18H27N3O2. The summed E-state index contributed by atoms with van der Waals surface area (Å²) in [6.45, 7) is 5.23. The number of likely N-dealkylation sites (tertiary alicyclic amines) is 1. The highest BCUT2D eigenvalue weighted by atomic mass is 16.2. The second-order valence-corrected chi connectivity index (χ2v) is 6.23. The van der Waals surface area contributed by atoms with Crippen LogP contribution in [0.4, 0.5) is 0 Å². The highest BCUT2D eigenvalue weighted by Gasteiger charge is 2.25. The molecule has 0 bridgehead atoms. The molecule has 1 heterocycles. The molecule has 1 fully saturated rings. The van der Waals surface area contributed by atoms with Gasteiger partial charge in [0.25, 0.3) is 0 Å². The zero-order chi connectivity index (χ0) is 16.7. The molecule has 2 rings (SSSR count). The normalized spacial score (nSPS) is 17.3. The Labute approximate surface area is 138 Å². The molecule has 23 heavy (non-hydrogen) atoms. The first-order valence-electron chi connectivity index (χ1n) is 8.32. The first kappa shape index (κ1) is 17.5. The Kier molecular flexibility index (Phi) is 6.59. The lowest BCUT2D eigenvalue weighted by molar-refractivity contribution is -0.133. The molecule has 0 aliphatic carbocycles. The Bertz CT molecular complexity index is 518. The van der Waals surface area contributed by atoms with E-state index in [1.807, 2.05) is 42.3 Å². The minimum absolute atomic E-state index is 0.0103. The Morgan fingerprint density at radius 3 is 2.70 bits per heavy atom. The van der Waals surface area contributed by atoms with Crippen molar-refractivity contribution in [1.29, 1.82) is 0 Å².